The van der Waals surface area contributed by atoms with E-state index >= 15 is 0 Å². The molecule has 2 fully saturated rings. The number of hydrogen-bond acceptors (Lipinski definition) is 3. The molecule has 23 heavy (non-hydrogen) atoms. The molecule has 5 heteroatoms. The summed E-state index contributed by atoms with van der Waals surface area (Å²) in [5.41, 5.74) is 1.25. The summed E-state index contributed by atoms with van der Waals surface area (Å²) in [5.74, 6) is 2.41. The molecule has 0 spiro atoms. The van der Waals surface area contributed by atoms with Crippen molar-refractivity contribution >= 4 is 5.91 Å². The van der Waals surface area contributed by atoms with Crippen LogP contribution in [0.1, 0.15) is 43.6 Å². The Hall–Kier alpha value is -1.36. The molecule has 0 saturated carbocycles. The third-order valence-corrected chi connectivity index (χ3v) is 5.51. The second kappa shape index (κ2) is 7.47. The van der Waals surface area contributed by atoms with Crippen molar-refractivity contribution in [2.75, 3.05) is 26.3 Å². The molecule has 2 aliphatic rings. The van der Waals surface area contributed by atoms with Crippen molar-refractivity contribution in [3.63, 3.8) is 0 Å². The number of aromatic nitrogens is 2. The zero-order chi connectivity index (χ0) is 16.2. The van der Waals surface area contributed by atoms with Crippen LogP contribution in [0.3, 0.4) is 0 Å². The van der Waals surface area contributed by atoms with Gasteiger partial charge in [-0.05, 0) is 51.9 Å². The van der Waals surface area contributed by atoms with Crippen LogP contribution in [0.4, 0.5) is 0 Å². The van der Waals surface area contributed by atoms with Gasteiger partial charge in [-0.3, -0.25) is 4.79 Å². The number of carbonyl (C=O) groups is 1. The van der Waals surface area contributed by atoms with Gasteiger partial charge in [0, 0.05) is 50.7 Å². The Morgan fingerprint density at radius 3 is 2.52 bits per heavy atom. The Labute approximate surface area is 139 Å². The van der Waals surface area contributed by atoms with E-state index < -0.39 is 0 Å². The number of amides is 1. The maximum absolute atomic E-state index is 12.6. The molecule has 0 bridgehead atoms. The molecule has 2 aliphatic heterocycles. The zero-order valence-corrected chi connectivity index (χ0v) is 14.5. The summed E-state index contributed by atoms with van der Waals surface area (Å²) in [7, 11) is 0. The van der Waals surface area contributed by atoms with Crippen LogP contribution in [0.5, 0.6) is 0 Å². The fourth-order valence-electron chi connectivity index (χ4n) is 3.88. The third-order valence-electron chi connectivity index (χ3n) is 5.51. The van der Waals surface area contributed by atoms with Gasteiger partial charge < -0.3 is 14.2 Å². The Balaban J connectivity index is 1.44. The highest BCUT2D eigenvalue weighted by Gasteiger charge is 2.29. The fraction of sp³-hybridized carbons (Fsp3) is 0.778. The first-order chi connectivity index (χ1) is 11.1. The number of nitrogens with zero attached hydrogens (tertiary/aromatic N) is 3. The van der Waals surface area contributed by atoms with E-state index in [1.165, 1.54) is 12.1 Å². The Bertz CT molecular complexity index is 507. The number of aryl methyl sites for hydroxylation is 2. The zero-order valence-electron chi connectivity index (χ0n) is 14.5. The predicted octanol–water partition coefficient (Wildman–Crippen LogP) is 2.56. The highest BCUT2D eigenvalue weighted by molar-refractivity contribution is 5.79. The highest BCUT2D eigenvalue weighted by Crippen LogP contribution is 2.25. The number of ether oxygens (including phenoxy) is 1. The summed E-state index contributed by atoms with van der Waals surface area (Å²) in [6.07, 6.45) is 7.22. The number of likely N-dealkylation sites (tertiary alicyclic amines) is 1. The quantitative estimate of drug-likeness (QED) is 0.857. The van der Waals surface area contributed by atoms with Crippen molar-refractivity contribution in [1.29, 1.82) is 0 Å². The van der Waals surface area contributed by atoms with Gasteiger partial charge in [0.15, 0.2) is 0 Å². The second-order valence-electron chi connectivity index (χ2n) is 7.04. The number of rotatable bonds is 4. The Morgan fingerprint density at radius 2 is 1.91 bits per heavy atom. The molecular formula is C18H29N3O2. The molecule has 2 saturated heterocycles. The lowest BCUT2D eigenvalue weighted by atomic mass is 9.91. The van der Waals surface area contributed by atoms with Gasteiger partial charge in [-0.2, -0.15) is 0 Å². The minimum atomic E-state index is 0.205. The van der Waals surface area contributed by atoms with Gasteiger partial charge in [0.2, 0.25) is 5.91 Å². The van der Waals surface area contributed by atoms with Gasteiger partial charge in [0.05, 0.1) is 0 Å². The SMILES string of the molecule is Cc1cnc(C)n1CCC1CCN(C(=O)C2CCOCC2)CC1. The molecule has 5 nitrogen and oxygen atoms in total. The molecule has 0 N–H and O–H groups in total. The van der Waals surface area contributed by atoms with Crippen LogP contribution in [-0.2, 0) is 16.1 Å². The maximum Gasteiger partial charge on any atom is 0.225 e. The van der Waals surface area contributed by atoms with E-state index in [1.807, 2.05) is 6.20 Å². The number of piperidine rings is 1. The maximum atomic E-state index is 12.6. The van der Waals surface area contributed by atoms with Crippen LogP contribution in [0.25, 0.3) is 0 Å². The molecule has 1 aromatic heterocycles. The second-order valence-corrected chi connectivity index (χ2v) is 7.04. The van der Waals surface area contributed by atoms with Crippen molar-refractivity contribution in [2.45, 2.75) is 52.5 Å². The van der Waals surface area contributed by atoms with E-state index in [9.17, 15) is 4.79 Å². The summed E-state index contributed by atoms with van der Waals surface area (Å²) in [4.78, 5) is 19.0. The number of imidazole rings is 1. The largest absolute Gasteiger partial charge is 0.381 e. The number of hydrogen-bond donors (Lipinski definition) is 0. The third kappa shape index (κ3) is 3.94. The Kier molecular flexibility index (Phi) is 5.36. The Morgan fingerprint density at radius 1 is 1.22 bits per heavy atom. The molecule has 3 heterocycles. The summed E-state index contributed by atoms with van der Waals surface area (Å²) in [5, 5.41) is 0. The average molecular weight is 319 g/mol. The van der Waals surface area contributed by atoms with Crippen LogP contribution >= 0.6 is 0 Å². The molecule has 128 valence electrons. The minimum absolute atomic E-state index is 0.205. The molecular weight excluding hydrogens is 290 g/mol. The first-order valence-electron chi connectivity index (χ1n) is 9.00. The van der Waals surface area contributed by atoms with E-state index in [-0.39, 0.29) is 5.92 Å². The summed E-state index contributed by atoms with van der Waals surface area (Å²) < 4.78 is 7.67. The molecule has 0 aliphatic carbocycles. The summed E-state index contributed by atoms with van der Waals surface area (Å²) in [6.45, 7) is 8.60. The van der Waals surface area contributed by atoms with Gasteiger partial charge in [0.1, 0.15) is 5.82 Å². The van der Waals surface area contributed by atoms with Gasteiger partial charge in [-0.15, -0.1) is 0 Å². The molecule has 0 atom stereocenters. The lowest BCUT2D eigenvalue weighted by molar-refractivity contribution is -0.140. The van der Waals surface area contributed by atoms with Crippen molar-refractivity contribution in [3.8, 4) is 0 Å². The standard InChI is InChI=1S/C18H29N3O2/c1-14-13-19-15(2)21(14)10-5-16-3-8-20(9-4-16)18(22)17-6-11-23-12-7-17/h13,16-17H,3-12H2,1-2H3. The van der Waals surface area contributed by atoms with E-state index in [0.29, 0.717) is 5.91 Å². The van der Waals surface area contributed by atoms with Gasteiger partial charge in [0.25, 0.3) is 0 Å². The highest BCUT2D eigenvalue weighted by atomic mass is 16.5. The lowest BCUT2D eigenvalue weighted by Crippen LogP contribution is -2.43. The summed E-state index contributed by atoms with van der Waals surface area (Å²) >= 11 is 0. The first kappa shape index (κ1) is 16.5. The van der Waals surface area contributed by atoms with Crippen LogP contribution in [0, 0.1) is 25.7 Å². The lowest BCUT2D eigenvalue weighted by Gasteiger charge is -2.35. The molecule has 0 radical (unpaired) electrons. The predicted molar refractivity (Wildman–Crippen MR) is 89.2 cm³/mol. The van der Waals surface area contributed by atoms with Crippen molar-refractivity contribution in [3.05, 3.63) is 17.7 Å². The normalized spacial score (nSPS) is 20.9. The van der Waals surface area contributed by atoms with Crippen molar-refractivity contribution in [2.24, 2.45) is 11.8 Å². The summed E-state index contributed by atoms with van der Waals surface area (Å²) in [6, 6.07) is 0. The molecule has 3 rings (SSSR count). The average Bonchev–Trinajstić information content (AvgIpc) is 2.92. The van der Waals surface area contributed by atoms with E-state index in [2.05, 4.69) is 28.3 Å². The minimum Gasteiger partial charge on any atom is -0.381 e. The first-order valence-corrected chi connectivity index (χ1v) is 9.00. The fourth-order valence-corrected chi connectivity index (χ4v) is 3.88. The topological polar surface area (TPSA) is 47.4 Å². The van der Waals surface area contributed by atoms with Crippen LogP contribution in [0.2, 0.25) is 0 Å². The van der Waals surface area contributed by atoms with Gasteiger partial charge in [-0.25, -0.2) is 4.98 Å². The smallest absolute Gasteiger partial charge is 0.225 e. The van der Waals surface area contributed by atoms with Gasteiger partial charge in [-0.1, -0.05) is 0 Å². The molecule has 0 unspecified atom stereocenters. The molecule has 1 aromatic rings. The number of carbonyl (C=O) groups excluding carboxylic acids is 1. The molecule has 0 aromatic carbocycles. The van der Waals surface area contributed by atoms with E-state index in [4.69, 9.17) is 4.74 Å². The monoisotopic (exact) mass is 319 g/mol. The van der Waals surface area contributed by atoms with Crippen LogP contribution in [-0.4, -0.2) is 46.7 Å². The van der Waals surface area contributed by atoms with Crippen molar-refractivity contribution < 1.29 is 9.53 Å². The molecule has 1 amide bonds. The van der Waals surface area contributed by atoms with E-state index in [1.54, 1.807) is 0 Å². The van der Waals surface area contributed by atoms with Gasteiger partial charge >= 0.3 is 0 Å². The van der Waals surface area contributed by atoms with Crippen molar-refractivity contribution in [1.82, 2.24) is 14.5 Å². The van der Waals surface area contributed by atoms with Crippen LogP contribution < -0.4 is 0 Å². The van der Waals surface area contributed by atoms with Crippen LogP contribution in [0.15, 0.2) is 6.20 Å². The van der Waals surface area contributed by atoms with E-state index in [0.717, 1.165) is 70.3 Å².